The van der Waals surface area contributed by atoms with Crippen molar-refractivity contribution >= 4 is 23.3 Å². The zero-order valence-electron chi connectivity index (χ0n) is 12.6. The molecular formula is C16H15N3O5. The minimum absolute atomic E-state index is 0.0311. The van der Waals surface area contributed by atoms with Gasteiger partial charge in [0.05, 0.1) is 16.2 Å². The molecule has 0 bridgehead atoms. The molecule has 0 unspecified atom stereocenters. The summed E-state index contributed by atoms with van der Waals surface area (Å²) in [6, 6.07) is 12.7. The first kappa shape index (κ1) is 16.9. The lowest BCUT2D eigenvalue weighted by Gasteiger charge is -2.08. The van der Waals surface area contributed by atoms with Gasteiger partial charge >= 0.3 is 5.97 Å². The van der Waals surface area contributed by atoms with Gasteiger partial charge in [0.25, 0.3) is 11.6 Å². The molecule has 2 rings (SSSR count). The Kier molecular flexibility index (Phi) is 5.45. The molecule has 24 heavy (non-hydrogen) atoms. The van der Waals surface area contributed by atoms with E-state index in [2.05, 4.69) is 5.32 Å². The normalized spacial score (nSPS) is 10.0. The molecule has 3 N–H and O–H groups in total. The summed E-state index contributed by atoms with van der Waals surface area (Å²) in [5, 5.41) is 13.2. The maximum Gasteiger partial charge on any atom is 0.340 e. The SMILES string of the molecule is Nc1cc([N+](=O)[O-])ccc1C(=O)OCC(=O)NCc1ccccc1. The number of nitro benzene ring substituents is 1. The van der Waals surface area contributed by atoms with E-state index in [-0.39, 0.29) is 16.9 Å². The molecule has 0 atom stereocenters. The van der Waals surface area contributed by atoms with Gasteiger partial charge in [-0.3, -0.25) is 14.9 Å². The van der Waals surface area contributed by atoms with Crippen LogP contribution in [0.15, 0.2) is 48.5 Å². The maximum absolute atomic E-state index is 11.9. The van der Waals surface area contributed by atoms with Gasteiger partial charge in [-0.25, -0.2) is 4.79 Å². The molecule has 8 heteroatoms. The van der Waals surface area contributed by atoms with Crippen LogP contribution < -0.4 is 11.1 Å². The number of ether oxygens (including phenoxy) is 1. The number of nitrogens with one attached hydrogen (secondary N) is 1. The Labute approximate surface area is 137 Å². The standard InChI is InChI=1S/C16H15N3O5/c17-14-8-12(19(22)23)6-7-13(14)16(21)24-10-15(20)18-9-11-4-2-1-3-5-11/h1-8H,9-10,17H2,(H,18,20). The first-order valence-electron chi connectivity index (χ1n) is 6.99. The third-order valence-corrected chi connectivity index (χ3v) is 3.13. The summed E-state index contributed by atoms with van der Waals surface area (Å²) in [6.45, 7) is -0.154. The van der Waals surface area contributed by atoms with Crippen LogP contribution in [0.5, 0.6) is 0 Å². The van der Waals surface area contributed by atoms with Crippen LogP contribution >= 0.6 is 0 Å². The molecule has 0 spiro atoms. The van der Waals surface area contributed by atoms with E-state index >= 15 is 0 Å². The molecule has 2 aromatic carbocycles. The van der Waals surface area contributed by atoms with Crippen molar-refractivity contribution in [2.75, 3.05) is 12.3 Å². The number of hydrogen-bond acceptors (Lipinski definition) is 6. The van der Waals surface area contributed by atoms with Crippen molar-refractivity contribution in [3.8, 4) is 0 Å². The Morgan fingerprint density at radius 2 is 1.88 bits per heavy atom. The highest BCUT2D eigenvalue weighted by Gasteiger charge is 2.16. The first-order chi connectivity index (χ1) is 11.5. The van der Waals surface area contributed by atoms with E-state index < -0.39 is 23.4 Å². The summed E-state index contributed by atoms with van der Waals surface area (Å²) in [5.41, 5.74) is 6.16. The lowest BCUT2D eigenvalue weighted by molar-refractivity contribution is -0.384. The van der Waals surface area contributed by atoms with E-state index in [9.17, 15) is 19.7 Å². The number of anilines is 1. The molecule has 124 valence electrons. The van der Waals surface area contributed by atoms with Gasteiger partial charge in [-0.1, -0.05) is 30.3 Å². The van der Waals surface area contributed by atoms with Gasteiger partial charge in [-0.2, -0.15) is 0 Å². The highest BCUT2D eigenvalue weighted by Crippen LogP contribution is 2.20. The summed E-state index contributed by atoms with van der Waals surface area (Å²) in [5.74, 6) is -1.29. The van der Waals surface area contributed by atoms with Gasteiger partial charge < -0.3 is 15.8 Å². The van der Waals surface area contributed by atoms with Crippen molar-refractivity contribution in [1.82, 2.24) is 5.32 Å². The van der Waals surface area contributed by atoms with E-state index in [4.69, 9.17) is 10.5 Å². The van der Waals surface area contributed by atoms with Crippen molar-refractivity contribution in [2.24, 2.45) is 0 Å². The second-order valence-corrected chi connectivity index (χ2v) is 4.87. The molecule has 8 nitrogen and oxygen atoms in total. The fourth-order valence-corrected chi connectivity index (χ4v) is 1.91. The largest absolute Gasteiger partial charge is 0.452 e. The summed E-state index contributed by atoms with van der Waals surface area (Å²) in [7, 11) is 0. The number of nitrogen functional groups attached to an aromatic ring is 1. The van der Waals surface area contributed by atoms with Crippen molar-refractivity contribution in [3.05, 3.63) is 69.8 Å². The molecule has 0 radical (unpaired) electrons. The Balaban J connectivity index is 1.86. The molecule has 0 aliphatic carbocycles. The molecule has 2 aromatic rings. The number of nitrogens with two attached hydrogens (primary N) is 1. The highest BCUT2D eigenvalue weighted by atomic mass is 16.6. The van der Waals surface area contributed by atoms with Crippen molar-refractivity contribution in [2.45, 2.75) is 6.54 Å². The molecule has 0 saturated carbocycles. The number of esters is 1. The number of carbonyl (C=O) groups is 2. The summed E-state index contributed by atoms with van der Waals surface area (Å²) in [4.78, 5) is 33.5. The van der Waals surface area contributed by atoms with Gasteiger partial charge in [0.2, 0.25) is 0 Å². The minimum Gasteiger partial charge on any atom is -0.452 e. The van der Waals surface area contributed by atoms with Gasteiger partial charge in [0, 0.05) is 18.7 Å². The Bertz CT molecular complexity index is 762. The van der Waals surface area contributed by atoms with E-state index in [1.807, 2.05) is 30.3 Å². The predicted octanol–water partition coefficient (Wildman–Crippen LogP) is 1.65. The maximum atomic E-state index is 11.9. The quantitative estimate of drug-likeness (QED) is 0.359. The third kappa shape index (κ3) is 4.54. The molecule has 0 aliphatic rings. The lowest BCUT2D eigenvalue weighted by atomic mass is 10.1. The second-order valence-electron chi connectivity index (χ2n) is 4.87. The second kappa shape index (κ2) is 7.73. The Hall–Kier alpha value is -3.42. The van der Waals surface area contributed by atoms with Gasteiger partial charge in [0.15, 0.2) is 6.61 Å². The van der Waals surface area contributed by atoms with Crippen molar-refractivity contribution < 1.29 is 19.2 Å². The van der Waals surface area contributed by atoms with E-state index in [0.717, 1.165) is 17.7 Å². The summed E-state index contributed by atoms with van der Waals surface area (Å²) >= 11 is 0. The van der Waals surface area contributed by atoms with Crippen molar-refractivity contribution in [3.63, 3.8) is 0 Å². The zero-order valence-corrected chi connectivity index (χ0v) is 12.6. The van der Waals surface area contributed by atoms with Crippen LogP contribution in [-0.4, -0.2) is 23.4 Å². The average Bonchev–Trinajstić information content (AvgIpc) is 2.58. The average molecular weight is 329 g/mol. The van der Waals surface area contributed by atoms with Crippen molar-refractivity contribution in [1.29, 1.82) is 0 Å². The number of rotatable bonds is 6. The topological polar surface area (TPSA) is 125 Å². The Morgan fingerprint density at radius 1 is 1.17 bits per heavy atom. The molecule has 1 amide bonds. The predicted molar refractivity (Wildman–Crippen MR) is 86.1 cm³/mol. The fourth-order valence-electron chi connectivity index (χ4n) is 1.91. The van der Waals surface area contributed by atoms with Crippen LogP contribution in [0, 0.1) is 10.1 Å². The number of amides is 1. The van der Waals surface area contributed by atoms with E-state index in [0.29, 0.717) is 6.54 Å². The number of nitro groups is 1. The van der Waals surface area contributed by atoms with Crippen LogP contribution in [0.4, 0.5) is 11.4 Å². The number of benzene rings is 2. The van der Waals surface area contributed by atoms with Gasteiger partial charge in [-0.15, -0.1) is 0 Å². The molecule has 0 aliphatic heterocycles. The lowest BCUT2D eigenvalue weighted by Crippen LogP contribution is -2.28. The monoisotopic (exact) mass is 329 g/mol. The molecule has 0 aromatic heterocycles. The number of non-ortho nitro benzene ring substituents is 1. The van der Waals surface area contributed by atoms with E-state index in [1.54, 1.807) is 0 Å². The number of carbonyl (C=O) groups excluding carboxylic acids is 2. The third-order valence-electron chi connectivity index (χ3n) is 3.13. The number of nitrogens with zero attached hydrogens (tertiary/aromatic N) is 1. The zero-order chi connectivity index (χ0) is 17.5. The first-order valence-corrected chi connectivity index (χ1v) is 6.99. The summed E-state index contributed by atoms with van der Waals surface area (Å²) < 4.78 is 4.86. The van der Waals surface area contributed by atoms with Crippen LogP contribution in [0.1, 0.15) is 15.9 Å². The van der Waals surface area contributed by atoms with Crippen LogP contribution in [-0.2, 0) is 16.1 Å². The smallest absolute Gasteiger partial charge is 0.340 e. The number of hydrogen-bond donors (Lipinski definition) is 2. The van der Waals surface area contributed by atoms with E-state index in [1.165, 1.54) is 6.07 Å². The van der Waals surface area contributed by atoms with Crippen LogP contribution in [0.2, 0.25) is 0 Å². The molecule has 0 fully saturated rings. The molecular weight excluding hydrogens is 314 g/mol. The van der Waals surface area contributed by atoms with Gasteiger partial charge in [0.1, 0.15) is 0 Å². The minimum atomic E-state index is -0.822. The van der Waals surface area contributed by atoms with Crippen LogP contribution in [0.25, 0.3) is 0 Å². The summed E-state index contributed by atoms with van der Waals surface area (Å²) in [6.07, 6.45) is 0. The van der Waals surface area contributed by atoms with Crippen LogP contribution in [0.3, 0.4) is 0 Å². The Morgan fingerprint density at radius 3 is 2.50 bits per heavy atom. The van der Waals surface area contributed by atoms with Gasteiger partial charge in [-0.05, 0) is 11.6 Å². The highest BCUT2D eigenvalue weighted by molar-refractivity contribution is 5.96. The molecule has 0 heterocycles. The molecule has 0 saturated heterocycles. The fraction of sp³-hybridized carbons (Fsp3) is 0.125.